The highest BCUT2D eigenvalue weighted by Gasteiger charge is 2.21. The van der Waals surface area contributed by atoms with Gasteiger partial charge in [-0.2, -0.15) is 0 Å². The minimum absolute atomic E-state index is 0.0133. The van der Waals surface area contributed by atoms with E-state index in [0.29, 0.717) is 12.3 Å². The molecule has 2 amide bonds. The quantitative estimate of drug-likeness (QED) is 0.884. The lowest BCUT2D eigenvalue weighted by Gasteiger charge is -2.26. The molecule has 5 heteroatoms. The molecule has 0 saturated heterocycles. The summed E-state index contributed by atoms with van der Waals surface area (Å²) in [6, 6.07) is 9.50. The summed E-state index contributed by atoms with van der Waals surface area (Å²) in [5.41, 5.74) is 2.87. The number of nitrogens with zero attached hydrogens (tertiary/aromatic N) is 1. The molecule has 1 N–H and O–H groups in total. The second-order valence-corrected chi connectivity index (χ2v) is 6.13. The van der Waals surface area contributed by atoms with Gasteiger partial charge in [0.25, 0.3) is 0 Å². The molecule has 0 aliphatic rings. The minimum atomic E-state index is -0.223. The van der Waals surface area contributed by atoms with E-state index in [4.69, 9.17) is 4.42 Å². The number of amides is 2. The van der Waals surface area contributed by atoms with Gasteiger partial charge < -0.3 is 14.6 Å². The summed E-state index contributed by atoms with van der Waals surface area (Å²) >= 11 is 0. The molecule has 0 saturated carbocycles. The predicted molar refractivity (Wildman–Crippen MR) is 93.8 cm³/mol. The Morgan fingerprint density at radius 3 is 2.54 bits per heavy atom. The molecule has 5 nitrogen and oxygen atoms in total. The van der Waals surface area contributed by atoms with Crippen LogP contribution < -0.4 is 10.2 Å². The number of anilines is 1. The summed E-state index contributed by atoms with van der Waals surface area (Å²) in [5, 5.41) is 2.78. The third-order valence-corrected chi connectivity index (χ3v) is 3.88. The zero-order chi connectivity index (χ0) is 17.7. The van der Waals surface area contributed by atoms with Crippen LogP contribution in [0.15, 0.2) is 41.0 Å². The van der Waals surface area contributed by atoms with Crippen molar-refractivity contribution >= 4 is 17.5 Å². The van der Waals surface area contributed by atoms with E-state index < -0.39 is 0 Å². The van der Waals surface area contributed by atoms with Crippen LogP contribution in [0.25, 0.3) is 0 Å². The Kier molecular flexibility index (Phi) is 5.79. The first-order valence-corrected chi connectivity index (χ1v) is 8.06. The summed E-state index contributed by atoms with van der Waals surface area (Å²) in [4.78, 5) is 26.0. The predicted octanol–water partition coefficient (Wildman–Crippen LogP) is 3.38. The molecule has 128 valence electrons. The molecule has 0 aliphatic heterocycles. The van der Waals surface area contributed by atoms with Crippen molar-refractivity contribution < 1.29 is 14.0 Å². The monoisotopic (exact) mass is 328 g/mol. The number of rotatable bonds is 6. The average Bonchev–Trinajstić information content (AvgIpc) is 3.04. The second kappa shape index (κ2) is 7.81. The molecule has 2 aromatic rings. The summed E-state index contributed by atoms with van der Waals surface area (Å²) in [5.74, 6) is 0.559. The molecule has 0 unspecified atom stereocenters. The van der Waals surface area contributed by atoms with Crippen LogP contribution in [0.3, 0.4) is 0 Å². The SMILES string of the molecule is CC(=O)N(CC(=O)NCc1ccco1)c1c(C)cccc1C(C)C. The third-order valence-electron chi connectivity index (χ3n) is 3.88. The summed E-state index contributed by atoms with van der Waals surface area (Å²) in [6.45, 7) is 7.89. The van der Waals surface area contributed by atoms with E-state index in [2.05, 4.69) is 19.2 Å². The van der Waals surface area contributed by atoms with Gasteiger partial charge in [-0.25, -0.2) is 0 Å². The molecule has 0 bridgehead atoms. The highest BCUT2D eigenvalue weighted by atomic mass is 16.3. The van der Waals surface area contributed by atoms with Crippen LogP contribution in [0, 0.1) is 6.92 Å². The molecule has 0 fully saturated rings. The van der Waals surface area contributed by atoms with Gasteiger partial charge in [0.2, 0.25) is 11.8 Å². The minimum Gasteiger partial charge on any atom is -0.467 e. The van der Waals surface area contributed by atoms with Crippen molar-refractivity contribution in [1.29, 1.82) is 0 Å². The Labute approximate surface area is 142 Å². The maximum absolute atomic E-state index is 12.3. The molecule has 0 spiro atoms. The van der Waals surface area contributed by atoms with Gasteiger partial charge in [0, 0.05) is 6.92 Å². The molecule has 0 radical (unpaired) electrons. The first-order chi connectivity index (χ1) is 11.4. The lowest BCUT2D eigenvalue weighted by Crippen LogP contribution is -2.40. The van der Waals surface area contributed by atoms with Gasteiger partial charge >= 0.3 is 0 Å². The molecule has 1 heterocycles. The standard InChI is InChI=1S/C19H24N2O3/c1-13(2)17-9-5-7-14(3)19(17)21(15(4)22)12-18(23)20-11-16-8-6-10-24-16/h5-10,13H,11-12H2,1-4H3,(H,20,23). The largest absolute Gasteiger partial charge is 0.467 e. The van der Waals surface area contributed by atoms with E-state index in [-0.39, 0.29) is 24.3 Å². The van der Waals surface area contributed by atoms with Crippen molar-refractivity contribution in [3.8, 4) is 0 Å². The fraction of sp³-hybridized carbons (Fsp3) is 0.368. The van der Waals surface area contributed by atoms with Crippen LogP contribution in [-0.2, 0) is 16.1 Å². The Morgan fingerprint density at radius 2 is 1.96 bits per heavy atom. The van der Waals surface area contributed by atoms with E-state index >= 15 is 0 Å². The first kappa shape index (κ1) is 17.8. The summed E-state index contributed by atoms with van der Waals surface area (Å²) in [7, 11) is 0. The van der Waals surface area contributed by atoms with Gasteiger partial charge in [0.15, 0.2) is 0 Å². The number of carbonyl (C=O) groups excluding carboxylic acids is 2. The molecule has 1 aromatic carbocycles. The molecular weight excluding hydrogens is 304 g/mol. The molecule has 2 rings (SSSR count). The highest BCUT2D eigenvalue weighted by Crippen LogP contribution is 2.31. The maximum atomic E-state index is 12.3. The van der Waals surface area contributed by atoms with Gasteiger partial charge in [0.05, 0.1) is 18.5 Å². The van der Waals surface area contributed by atoms with Crippen molar-refractivity contribution in [2.45, 2.75) is 40.2 Å². The van der Waals surface area contributed by atoms with Gasteiger partial charge in [-0.05, 0) is 36.1 Å². The van der Waals surface area contributed by atoms with Crippen molar-refractivity contribution in [2.75, 3.05) is 11.4 Å². The Bertz CT molecular complexity index is 705. The number of hydrogen-bond acceptors (Lipinski definition) is 3. The van der Waals surface area contributed by atoms with Gasteiger partial charge in [-0.15, -0.1) is 0 Å². The van der Waals surface area contributed by atoms with Crippen molar-refractivity contribution in [2.24, 2.45) is 0 Å². The number of nitrogens with one attached hydrogen (secondary N) is 1. The fourth-order valence-corrected chi connectivity index (χ4v) is 2.66. The van der Waals surface area contributed by atoms with Crippen LogP contribution in [0.5, 0.6) is 0 Å². The van der Waals surface area contributed by atoms with E-state index in [1.54, 1.807) is 23.3 Å². The van der Waals surface area contributed by atoms with Crippen molar-refractivity contribution in [3.63, 3.8) is 0 Å². The average molecular weight is 328 g/mol. The summed E-state index contributed by atoms with van der Waals surface area (Å²) in [6.07, 6.45) is 1.56. The number of para-hydroxylation sites is 1. The van der Waals surface area contributed by atoms with Crippen LogP contribution in [-0.4, -0.2) is 18.4 Å². The third kappa shape index (κ3) is 4.25. The smallest absolute Gasteiger partial charge is 0.240 e. The van der Waals surface area contributed by atoms with Crippen LogP contribution in [0.1, 0.15) is 43.6 Å². The van der Waals surface area contributed by atoms with Crippen LogP contribution in [0.4, 0.5) is 5.69 Å². The fourth-order valence-electron chi connectivity index (χ4n) is 2.66. The number of benzene rings is 1. The van der Waals surface area contributed by atoms with E-state index in [1.807, 2.05) is 25.1 Å². The number of furan rings is 1. The zero-order valence-electron chi connectivity index (χ0n) is 14.6. The molecule has 1 aromatic heterocycles. The first-order valence-electron chi connectivity index (χ1n) is 8.06. The molecule has 0 atom stereocenters. The van der Waals surface area contributed by atoms with Crippen molar-refractivity contribution in [1.82, 2.24) is 5.32 Å². The number of hydrogen-bond donors (Lipinski definition) is 1. The van der Waals surface area contributed by atoms with E-state index in [1.165, 1.54) is 6.92 Å². The normalized spacial score (nSPS) is 10.7. The Balaban J connectivity index is 2.18. The topological polar surface area (TPSA) is 62.6 Å². The lowest BCUT2D eigenvalue weighted by molar-refractivity contribution is -0.123. The van der Waals surface area contributed by atoms with E-state index in [9.17, 15) is 9.59 Å². The van der Waals surface area contributed by atoms with Gasteiger partial charge in [0.1, 0.15) is 12.3 Å². The van der Waals surface area contributed by atoms with Crippen LogP contribution in [0.2, 0.25) is 0 Å². The molecule has 0 aliphatic carbocycles. The number of carbonyl (C=O) groups is 2. The maximum Gasteiger partial charge on any atom is 0.240 e. The lowest BCUT2D eigenvalue weighted by atomic mass is 9.97. The summed E-state index contributed by atoms with van der Waals surface area (Å²) < 4.78 is 5.20. The van der Waals surface area contributed by atoms with Crippen LogP contribution >= 0.6 is 0 Å². The molecule has 24 heavy (non-hydrogen) atoms. The van der Waals surface area contributed by atoms with Crippen molar-refractivity contribution in [3.05, 3.63) is 53.5 Å². The van der Waals surface area contributed by atoms with E-state index in [0.717, 1.165) is 16.8 Å². The zero-order valence-corrected chi connectivity index (χ0v) is 14.6. The molecular formula is C19H24N2O3. The Morgan fingerprint density at radius 1 is 1.21 bits per heavy atom. The Hall–Kier alpha value is -2.56. The highest BCUT2D eigenvalue weighted by molar-refractivity contribution is 5.98. The second-order valence-electron chi connectivity index (χ2n) is 6.13. The van der Waals surface area contributed by atoms with Gasteiger partial charge in [-0.1, -0.05) is 32.0 Å². The number of aryl methyl sites for hydroxylation is 1. The van der Waals surface area contributed by atoms with Gasteiger partial charge in [-0.3, -0.25) is 9.59 Å².